The average Bonchev–Trinajstić information content (AvgIpc) is 2.57. The topological polar surface area (TPSA) is 84.5 Å². The first-order chi connectivity index (χ1) is 11.9. The van der Waals surface area contributed by atoms with Crippen LogP contribution in [0.5, 0.6) is 0 Å². The zero-order valence-corrected chi connectivity index (χ0v) is 13.3. The molecule has 0 aliphatic rings. The molecule has 0 spiro atoms. The van der Waals surface area contributed by atoms with Gasteiger partial charge < -0.3 is 4.74 Å². The van der Waals surface area contributed by atoms with Gasteiger partial charge in [-0.2, -0.15) is 0 Å². The standard InChI is InChI=1S/C16H11ClF2N2O4/c17-13-4-2-1-3-12(13)15(23)21-20-14(22)8-25-16(24)9-5-10(18)7-11(19)6-9/h1-7H,8H2,(H,20,22)(H,21,23). The molecule has 2 aromatic carbocycles. The van der Waals surface area contributed by atoms with Crippen LogP contribution in [0.2, 0.25) is 5.02 Å². The van der Waals surface area contributed by atoms with E-state index < -0.39 is 36.0 Å². The lowest BCUT2D eigenvalue weighted by Gasteiger charge is -2.09. The first-order valence-electron chi connectivity index (χ1n) is 6.84. The van der Waals surface area contributed by atoms with Gasteiger partial charge in [-0.3, -0.25) is 20.4 Å². The van der Waals surface area contributed by atoms with Crippen LogP contribution in [0.15, 0.2) is 42.5 Å². The van der Waals surface area contributed by atoms with Crippen molar-refractivity contribution >= 4 is 29.4 Å². The van der Waals surface area contributed by atoms with Crippen molar-refractivity contribution < 1.29 is 27.9 Å². The van der Waals surface area contributed by atoms with E-state index in [1.54, 1.807) is 12.1 Å². The third kappa shape index (κ3) is 5.25. The molecule has 2 N–H and O–H groups in total. The smallest absolute Gasteiger partial charge is 0.338 e. The summed E-state index contributed by atoms with van der Waals surface area (Å²) in [4.78, 5) is 35.0. The van der Waals surface area contributed by atoms with Gasteiger partial charge in [0.05, 0.1) is 16.1 Å². The summed E-state index contributed by atoms with van der Waals surface area (Å²) >= 11 is 5.83. The number of hydrazine groups is 1. The monoisotopic (exact) mass is 368 g/mol. The highest BCUT2D eigenvalue weighted by molar-refractivity contribution is 6.33. The van der Waals surface area contributed by atoms with Crippen LogP contribution >= 0.6 is 11.6 Å². The lowest BCUT2D eigenvalue weighted by molar-refractivity contribution is -0.125. The van der Waals surface area contributed by atoms with Crippen LogP contribution in [-0.4, -0.2) is 24.4 Å². The minimum absolute atomic E-state index is 0.136. The zero-order chi connectivity index (χ0) is 18.4. The second kappa shape index (κ2) is 8.20. The van der Waals surface area contributed by atoms with E-state index in [9.17, 15) is 23.2 Å². The fourth-order valence-corrected chi connectivity index (χ4v) is 1.98. The summed E-state index contributed by atoms with van der Waals surface area (Å²) in [5.74, 6) is -4.53. The van der Waals surface area contributed by atoms with Crippen LogP contribution in [0.25, 0.3) is 0 Å². The van der Waals surface area contributed by atoms with Gasteiger partial charge in [-0.1, -0.05) is 23.7 Å². The molecule has 0 aliphatic carbocycles. The maximum atomic E-state index is 13.0. The fraction of sp³-hybridized carbons (Fsp3) is 0.0625. The molecule has 0 atom stereocenters. The normalized spacial score (nSPS) is 10.0. The van der Waals surface area contributed by atoms with Gasteiger partial charge in [-0.25, -0.2) is 13.6 Å². The second-order valence-corrected chi connectivity index (χ2v) is 5.12. The van der Waals surface area contributed by atoms with E-state index in [0.29, 0.717) is 6.07 Å². The molecule has 0 aliphatic heterocycles. The minimum Gasteiger partial charge on any atom is -0.452 e. The number of hydrogen-bond donors (Lipinski definition) is 2. The van der Waals surface area contributed by atoms with Crippen LogP contribution in [-0.2, 0) is 9.53 Å². The van der Waals surface area contributed by atoms with Crippen molar-refractivity contribution in [1.82, 2.24) is 10.9 Å². The van der Waals surface area contributed by atoms with Crippen molar-refractivity contribution in [2.75, 3.05) is 6.61 Å². The van der Waals surface area contributed by atoms with Crippen molar-refractivity contribution in [3.05, 3.63) is 70.2 Å². The Morgan fingerprint density at radius 2 is 1.64 bits per heavy atom. The maximum Gasteiger partial charge on any atom is 0.338 e. The lowest BCUT2D eigenvalue weighted by Crippen LogP contribution is -2.43. The summed E-state index contributed by atoms with van der Waals surface area (Å²) in [6, 6.07) is 8.29. The summed E-state index contributed by atoms with van der Waals surface area (Å²) < 4.78 is 30.6. The summed E-state index contributed by atoms with van der Waals surface area (Å²) in [7, 11) is 0. The molecule has 6 nitrogen and oxygen atoms in total. The molecular weight excluding hydrogens is 358 g/mol. The third-order valence-electron chi connectivity index (χ3n) is 2.87. The average molecular weight is 369 g/mol. The van der Waals surface area contributed by atoms with Gasteiger partial charge in [-0.05, 0) is 24.3 Å². The van der Waals surface area contributed by atoms with Gasteiger partial charge >= 0.3 is 5.97 Å². The Kier molecular flexibility index (Phi) is 6.02. The highest BCUT2D eigenvalue weighted by Gasteiger charge is 2.14. The van der Waals surface area contributed by atoms with Gasteiger partial charge in [0.15, 0.2) is 6.61 Å². The van der Waals surface area contributed by atoms with Gasteiger partial charge in [-0.15, -0.1) is 0 Å². The van der Waals surface area contributed by atoms with E-state index in [0.717, 1.165) is 12.1 Å². The summed E-state index contributed by atoms with van der Waals surface area (Å²) in [5, 5.41) is 0.189. The van der Waals surface area contributed by atoms with Gasteiger partial charge in [0.25, 0.3) is 11.8 Å². The van der Waals surface area contributed by atoms with E-state index in [-0.39, 0.29) is 16.1 Å². The number of nitrogens with one attached hydrogen (secondary N) is 2. The molecule has 0 fully saturated rings. The highest BCUT2D eigenvalue weighted by Crippen LogP contribution is 2.14. The van der Waals surface area contributed by atoms with Crippen LogP contribution in [0.4, 0.5) is 8.78 Å². The SMILES string of the molecule is O=C(COC(=O)c1cc(F)cc(F)c1)NNC(=O)c1ccccc1Cl. The second-order valence-electron chi connectivity index (χ2n) is 4.72. The molecule has 130 valence electrons. The highest BCUT2D eigenvalue weighted by atomic mass is 35.5. The predicted molar refractivity (Wildman–Crippen MR) is 83.7 cm³/mol. The van der Waals surface area contributed by atoms with Crippen molar-refractivity contribution in [2.24, 2.45) is 0 Å². The molecule has 0 heterocycles. The number of esters is 1. The van der Waals surface area contributed by atoms with Gasteiger partial charge in [0, 0.05) is 6.07 Å². The molecule has 25 heavy (non-hydrogen) atoms. The quantitative estimate of drug-likeness (QED) is 0.640. The van der Waals surface area contributed by atoms with E-state index in [1.807, 2.05) is 5.43 Å². The Morgan fingerprint density at radius 1 is 1.00 bits per heavy atom. The Bertz CT molecular complexity index is 809. The molecule has 2 rings (SSSR count). The number of carbonyl (C=O) groups excluding carboxylic acids is 3. The van der Waals surface area contributed by atoms with Crippen molar-refractivity contribution in [3.8, 4) is 0 Å². The molecular formula is C16H11ClF2N2O4. The number of amides is 2. The molecule has 2 amide bonds. The molecule has 2 aromatic rings. The molecule has 0 aromatic heterocycles. The molecule has 0 saturated heterocycles. The van der Waals surface area contributed by atoms with Gasteiger partial charge in [0.2, 0.25) is 0 Å². The maximum absolute atomic E-state index is 13.0. The number of benzene rings is 2. The number of ether oxygens (including phenoxy) is 1. The first kappa shape index (κ1) is 18.3. The fourth-order valence-electron chi connectivity index (χ4n) is 1.76. The van der Waals surface area contributed by atoms with E-state index in [2.05, 4.69) is 10.2 Å². The van der Waals surface area contributed by atoms with E-state index >= 15 is 0 Å². The zero-order valence-electron chi connectivity index (χ0n) is 12.5. The largest absolute Gasteiger partial charge is 0.452 e. The molecule has 0 unspecified atom stereocenters. The van der Waals surface area contributed by atoms with Gasteiger partial charge in [0.1, 0.15) is 11.6 Å². The molecule has 0 bridgehead atoms. The minimum atomic E-state index is -1.09. The molecule has 0 radical (unpaired) electrons. The molecule has 9 heteroatoms. The van der Waals surface area contributed by atoms with Crippen LogP contribution < -0.4 is 10.9 Å². The van der Waals surface area contributed by atoms with Crippen molar-refractivity contribution in [3.63, 3.8) is 0 Å². The summed E-state index contributed by atoms with van der Waals surface area (Å²) in [5.41, 5.74) is 3.85. The molecule has 0 saturated carbocycles. The Labute approximate surface area is 145 Å². The number of carbonyl (C=O) groups is 3. The van der Waals surface area contributed by atoms with Crippen molar-refractivity contribution in [2.45, 2.75) is 0 Å². The number of hydrogen-bond acceptors (Lipinski definition) is 4. The van der Waals surface area contributed by atoms with Crippen LogP contribution in [0.3, 0.4) is 0 Å². The van der Waals surface area contributed by atoms with Crippen LogP contribution in [0.1, 0.15) is 20.7 Å². The summed E-state index contributed by atoms with van der Waals surface area (Å²) in [6.07, 6.45) is 0. The van der Waals surface area contributed by atoms with E-state index in [4.69, 9.17) is 11.6 Å². The Morgan fingerprint density at radius 3 is 2.28 bits per heavy atom. The Hall–Kier alpha value is -3.00. The first-order valence-corrected chi connectivity index (χ1v) is 7.21. The summed E-state index contributed by atoms with van der Waals surface area (Å²) in [6.45, 7) is -0.764. The number of rotatable bonds is 4. The van der Waals surface area contributed by atoms with Crippen LogP contribution in [0, 0.1) is 11.6 Å². The third-order valence-corrected chi connectivity index (χ3v) is 3.20. The lowest BCUT2D eigenvalue weighted by atomic mass is 10.2. The predicted octanol–water partition coefficient (Wildman–Crippen LogP) is 2.24. The van der Waals surface area contributed by atoms with E-state index in [1.165, 1.54) is 12.1 Å². The van der Waals surface area contributed by atoms with Crippen molar-refractivity contribution in [1.29, 1.82) is 0 Å². The Balaban J connectivity index is 1.83. The number of halogens is 3.